The van der Waals surface area contributed by atoms with Crippen LogP contribution in [0.2, 0.25) is 0 Å². The molecule has 1 aromatic carbocycles. The molecule has 0 amide bonds. The Kier molecular flexibility index (Phi) is 2.90. The smallest absolute Gasteiger partial charge is 0.144 e. The zero-order valence-electron chi connectivity index (χ0n) is 10.6. The molecule has 5 heteroatoms. The van der Waals surface area contributed by atoms with Crippen LogP contribution in [0.4, 0.5) is 5.69 Å². The Labute approximate surface area is 116 Å². The molecule has 20 heavy (non-hydrogen) atoms. The van der Waals surface area contributed by atoms with E-state index in [4.69, 9.17) is 5.73 Å². The van der Waals surface area contributed by atoms with Gasteiger partial charge in [0.2, 0.25) is 0 Å². The van der Waals surface area contributed by atoms with Crippen molar-refractivity contribution in [3.8, 4) is 23.1 Å². The highest BCUT2D eigenvalue weighted by Crippen LogP contribution is 2.23. The highest BCUT2D eigenvalue weighted by Gasteiger charge is 2.10. The van der Waals surface area contributed by atoms with Gasteiger partial charge in [-0.05, 0) is 30.3 Å². The van der Waals surface area contributed by atoms with E-state index in [0.717, 1.165) is 11.4 Å². The fourth-order valence-corrected chi connectivity index (χ4v) is 2.02. The molecule has 0 saturated carbocycles. The molecule has 0 saturated heterocycles. The average molecular weight is 261 g/mol. The Morgan fingerprint density at radius 1 is 1.10 bits per heavy atom. The van der Waals surface area contributed by atoms with Gasteiger partial charge < -0.3 is 5.73 Å². The van der Waals surface area contributed by atoms with E-state index in [1.807, 2.05) is 35.0 Å². The summed E-state index contributed by atoms with van der Waals surface area (Å²) in [6.45, 7) is 0. The first-order valence-corrected chi connectivity index (χ1v) is 6.03. The summed E-state index contributed by atoms with van der Waals surface area (Å²) in [5.41, 5.74) is 8.58. The monoisotopic (exact) mass is 261 g/mol. The molecule has 0 spiro atoms. The number of anilines is 1. The van der Waals surface area contributed by atoms with Crippen molar-refractivity contribution in [3.05, 3.63) is 60.7 Å². The van der Waals surface area contributed by atoms with Crippen molar-refractivity contribution < 1.29 is 0 Å². The van der Waals surface area contributed by atoms with Gasteiger partial charge in [-0.3, -0.25) is 9.55 Å². The van der Waals surface area contributed by atoms with Crippen molar-refractivity contribution in [2.75, 3.05) is 5.73 Å². The molecule has 2 N–H and O–H groups in total. The number of nitrogen functional groups attached to an aromatic ring is 1. The quantitative estimate of drug-likeness (QED) is 0.718. The molecule has 0 radical (unpaired) electrons. The SMILES string of the molecule is N#Cc1ccncc1-n1ccnc1-c1ccc(N)cc1. The van der Waals surface area contributed by atoms with Crippen LogP contribution in [0.5, 0.6) is 0 Å². The summed E-state index contributed by atoms with van der Waals surface area (Å²) < 4.78 is 1.84. The third-order valence-corrected chi connectivity index (χ3v) is 2.99. The number of nitriles is 1. The highest BCUT2D eigenvalue weighted by atomic mass is 15.1. The van der Waals surface area contributed by atoms with Gasteiger partial charge in [-0.15, -0.1) is 0 Å². The second kappa shape index (κ2) is 4.86. The van der Waals surface area contributed by atoms with Gasteiger partial charge in [-0.2, -0.15) is 5.26 Å². The molecular weight excluding hydrogens is 250 g/mol. The van der Waals surface area contributed by atoms with Crippen molar-refractivity contribution in [2.45, 2.75) is 0 Å². The molecule has 0 unspecified atom stereocenters. The Morgan fingerprint density at radius 3 is 2.65 bits per heavy atom. The number of nitrogens with zero attached hydrogens (tertiary/aromatic N) is 4. The number of rotatable bonds is 2. The van der Waals surface area contributed by atoms with E-state index < -0.39 is 0 Å². The Morgan fingerprint density at radius 2 is 1.90 bits per heavy atom. The van der Waals surface area contributed by atoms with Crippen LogP contribution in [-0.2, 0) is 0 Å². The van der Waals surface area contributed by atoms with Crippen LogP contribution in [0.1, 0.15) is 5.56 Å². The lowest BCUT2D eigenvalue weighted by atomic mass is 10.2. The molecule has 0 fully saturated rings. The van der Waals surface area contributed by atoms with Crippen LogP contribution in [0.25, 0.3) is 17.1 Å². The van der Waals surface area contributed by atoms with Crippen LogP contribution >= 0.6 is 0 Å². The molecule has 0 aliphatic heterocycles. The average Bonchev–Trinajstić information content (AvgIpc) is 2.97. The minimum atomic E-state index is 0.551. The lowest BCUT2D eigenvalue weighted by molar-refractivity contribution is 1.04. The van der Waals surface area contributed by atoms with Crippen molar-refractivity contribution in [3.63, 3.8) is 0 Å². The maximum Gasteiger partial charge on any atom is 0.144 e. The van der Waals surface area contributed by atoms with Crippen LogP contribution in [0.3, 0.4) is 0 Å². The summed E-state index contributed by atoms with van der Waals surface area (Å²) in [6.07, 6.45) is 6.76. The molecule has 3 rings (SSSR count). The van der Waals surface area contributed by atoms with Gasteiger partial charge in [-0.1, -0.05) is 0 Å². The summed E-state index contributed by atoms with van der Waals surface area (Å²) >= 11 is 0. The molecule has 0 aliphatic rings. The zero-order chi connectivity index (χ0) is 13.9. The van der Waals surface area contributed by atoms with E-state index in [0.29, 0.717) is 16.9 Å². The molecule has 0 aliphatic carbocycles. The largest absolute Gasteiger partial charge is 0.399 e. The van der Waals surface area contributed by atoms with Gasteiger partial charge in [0.25, 0.3) is 0 Å². The normalized spacial score (nSPS) is 10.2. The van der Waals surface area contributed by atoms with Gasteiger partial charge in [0.15, 0.2) is 0 Å². The summed E-state index contributed by atoms with van der Waals surface area (Å²) in [4.78, 5) is 8.43. The second-order valence-electron chi connectivity index (χ2n) is 4.25. The first kappa shape index (κ1) is 11.9. The molecule has 2 heterocycles. The molecular formula is C15H11N5. The lowest BCUT2D eigenvalue weighted by Gasteiger charge is -2.09. The van der Waals surface area contributed by atoms with E-state index in [9.17, 15) is 5.26 Å². The van der Waals surface area contributed by atoms with E-state index in [1.165, 1.54) is 0 Å². The predicted molar refractivity (Wildman–Crippen MR) is 75.9 cm³/mol. The summed E-state index contributed by atoms with van der Waals surface area (Å²) in [5.74, 6) is 0.745. The fraction of sp³-hybridized carbons (Fsp3) is 0. The van der Waals surface area contributed by atoms with Crippen molar-refractivity contribution in [1.82, 2.24) is 14.5 Å². The van der Waals surface area contributed by atoms with Crippen LogP contribution in [0.15, 0.2) is 55.1 Å². The molecule has 0 atom stereocenters. The van der Waals surface area contributed by atoms with E-state index >= 15 is 0 Å². The highest BCUT2D eigenvalue weighted by molar-refractivity contribution is 5.62. The molecule has 96 valence electrons. The first-order chi connectivity index (χ1) is 9.79. The third kappa shape index (κ3) is 1.99. The van der Waals surface area contributed by atoms with Crippen LogP contribution in [0, 0.1) is 11.3 Å². The van der Waals surface area contributed by atoms with Crippen molar-refractivity contribution in [2.24, 2.45) is 0 Å². The number of nitrogens with two attached hydrogens (primary N) is 1. The fourth-order valence-electron chi connectivity index (χ4n) is 2.02. The van der Waals surface area contributed by atoms with E-state index in [-0.39, 0.29) is 0 Å². The second-order valence-corrected chi connectivity index (χ2v) is 4.25. The van der Waals surface area contributed by atoms with Crippen molar-refractivity contribution in [1.29, 1.82) is 5.26 Å². The number of aromatic nitrogens is 3. The minimum Gasteiger partial charge on any atom is -0.399 e. The number of pyridine rings is 1. The molecule has 5 nitrogen and oxygen atoms in total. The van der Waals surface area contributed by atoms with Crippen molar-refractivity contribution >= 4 is 5.69 Å². The van der Waals surface area contributed by atoms with E-state index in [2.05, 4.69) is 16.0 Å². The standard InChI is InChI=1S/C15H11N5/c16-9-12-5-6-18-10-14(12)20-8-7-19-15(20)11-1-3-13(17)4-2-11/h1-8,10H,17H2. The van der Waals surface area contributed by atoms with Gasteiger partial charge in [-0.25, -0.2) is 4.98 Å². The van der Waals surface area contributed by atoms with E-state index in [1.54, 1.807) is 24.7 Å². The number of hydrogen-bond donors (Lipinski definition) is 1. The van der Waals surface area contributed by atoms with Gasteiger partial charge in [0.05, 0.1) is 17.4 Å². The van der Waals surface area contributed by atoms with Gasteiger partial charge in [0, 0.05) is 29.8 Å². The maximum atomic E-state index is 9.19. The number of benzene rings is 1. The predicted octanol–water partition coefficient (Wildman–Crippen LogP) is 2.39. The topological polar surface area (TPSA) is 80.5 Å². The minimum absolute atomic E-state index is 0.551. The Hall–Kier alpha value is -3.13. The summed E-state index contributed by atoms with van der Waals surface area (Å²) in [6, 6.07) is 11.3. The zero-order valence-corrected chi connectivity index (χ0v) is 10.6. The summed E-state index contributed by atoms with van der Waals surface area (Å²) in [5, 5.41) is 9.19. The summed E-state index contributed by atoms with van der Waals surface area (Å²) in [7, 11) is 0. The first-order valence-electron chi connectivity index (χ1n) is 6.03. The maximum absolute atomic E-state index is 9.19. The lowest BCUT2D eigenvalue weighted by Crippen LogP contribution is -2.00. The van der Waals surface area contributed by atoms with Crippen LogP contribution < -0.4 is 5.73 Å². The van der Waals surface area contributed by atoms with Gasteiger partial charge >= 0.3 is 0 Å². The third-order valence-electron chi connectivity index (χ3n) is 2.99. The molecule has 2 aromatic heterocycles. The number of imidazole rings is 1. The Bertz CT molecular complexity index is 781. The molecule has 3 aromatic rings. The number of hydrogen-bond acceptors (Lipinski definition) is 4. The van der Waals surface area contributed by atoms with Crippen LogP contribution in [-0.4, -0.2) is 14.5 Å². The molecule has 0 bridgehead atoms. The Balaban J connectivity index is 2.16. The van der Waals surface area contributed by atoms with Gasteiger partial charge in [0.1, 0.15) is 11.9 Å².